The fraction of sp³-hybridized carbons (Fsp3) is 0.733. The second-order valence-corrected chi connectivity index (χ2v) is 6.19. The van der Waals surface area contributed by atoms with Crippen LogP contribution in [0.3, 0.4) is 0 Å². The van der Waals surface area contributed by atoms with E-state index in [2.05, 4.69) is 34.0 Å². The summed E-state index contributed by atoms with van der Waals surface area (Å²) >= 11 is 0. The molecule has 4 nitrogen and oxygen atoms in total. The zero-order valence-electron chi connectivity index (χ0n) is 12.2. The van der Waals surface area contributed by atoms with E-state index in [4.69, 9.17) is 0 Å². The van der Waals surface area contributed by atoms with Gasteiger partial charge in [-0.15, -0.1) is 0 Å². The van der Waals surface area contributed by atoms with E-state index in [-0.39, 0.29) is 0 Å². The van der Waals surface area contributed by atoms with Gasteiger partial charge in [-0.3, -0.25) is 0 Å². The van der Waals surface area contributed by atoms with Gasteiger partial charge < -0.3 is 10.2 Å². The van der Waals surface area contributed by atoms with Gasteiger partial charge in [-0.2, -0.15) is 0 Å². The van der Waals surface area contributed by atoms with Gasteiger partial charge in [-0.25, -0.2) is 9.97 Å². The molecule has 19 heavy (non-hydrogen) atoms. The maximum atomic E-state index is 4.63. The molecule has 2 saturated carbocycles. The van der Waals surface area contributed by atoms with Crippen LogP contribution in [0, 0.1) is 5.92 Å². The van der Waals surface area contributed by atoms with Crippen molar-refractivity contribution in [3.05, 3.63) is 11.9 Å². The van der Waals surface area contributed by atoms with Crippen molar-refractivity contribution < 1.29 is 0 Å². The van der Waals surface area contributed by atoms with Gasteiger partial charge in [-0.05, 0) is 37.5 Å². The summed E-state index contributed by atoms with van der Waals surface area (Å²) in [4.78, 5) is 11.6. The molecule has 1 N–H and O–H groups in total. The van der Waals surface area contributed by atoms with Gasteiger partial charge >= 0.3 is 0 Å². The van der Waals surface area contributed by atoms with Gasteiger partial charge in [0.2, 0.25) is 0 Å². The predicted octanol–water partition coefficient (Wildman–Crippen LogP) is 3.02. The second kappa shape index (κ2) is 4.99. The van der Waals surface area contributed by atoms with Crippen LogP contribution in [0.15, 0.2) is 6.33 Å². The van der Waals surface area contributed by atoms with E-state index in [9.17, 15) is 0 Å². The van der Waals surface area contributed by atoms with Crippen molar-refractivity contribution in [2.75, 3.05) is 23.8 Å². The van der Waals surface area contributed by atoms with E-state index in [0.29, 0.717) is 5.92 Å². The monoisotopic (exact) mass is 260 g/mol. The number of aromatic nitrogens is 2. The fourth-order valence-electron chi connectivity index (χ4n) is 2.72. The van der Waals surface area contributed by atoms with Crippen molar-refractivity contribution in [3.63, 3.8) is 0 Å². The van der Waals surface area contributed by atoms with E-state index >= 15 is 0 Å². The lowest BCUT2D eigenvalue weighted by atomic mass is 10.0. The first-order chi connectivity index (χ1) is 9.20. The largest absolute Gasteiger partial charge is 0.373 e. The highest BCUT2D eigenvalue weighted by Gasteiger charge is 2.36. The fourth-order valence-corrected chi connectivity index (χ4v) is 2.72. The molecule has 0 unspecified atom stereocenters. The van der Waals surface area contributed by atoms with E-state index in [1.54, 1.807) is 6.33 Å². The minimum Gasteiger partial charge on any atom is -0.373 e. The molecule has 2 aliphatic rings. The molecule has 2 aliphatic carbocycles. The zero-order valence-corrected chi connectivity index (χ0v) is 12.2. The molecule has 0 bridgehead atoms. The first-order valence-corrected chi connectivity index (χ1v) is 7.50. The van der Waals surface area contributed by atoms with Gasteiger partial charge in [0, 0.05) is 25.2 Å². The van der Waals surface area contributed by atoms with Crippen LogP contribution in [0.4, 0.5) is 11.6 Å². The molecule has 104 valence electrons. The molecule has 2 fully saturated rings. The summed E-state index contributed by atoms with van der Waals surface area (Å²) in [6.45, 7) is 5.64. The Labute approximate surface area is 115 Å². The Morgan fingerprint density at radius 3 is 2.53 bits per heavy atom. The molecule has 0 radical (unpaired) electrons. The Balaban J connectivity index is 1.95. The van der Waals surface area contributed by atoms with Gasteiger partial charge in [0.05, 0.1) is 0 Å². The number of hydrogen-bond acceptors (Lipinski definition) is 4. The standard InChI is InChI=1S/C15H24N4/c1-10(2)13-14(16-3)17-9-18-15(13)19(12-6-7-12)8-11-4-5-11/h9-12H,4-8H2,1-3H3,(H,16,17,18). The summed E-state index contributed by atoms with van der Waals surface area (Å²) in [7, 11) is 1.94. The number of nitrogens with zero attached hydrogens (tertiary/aromatic N) is 3. The Bertz CT molecular complexity index is 449. The Morgan fingerprint density at radius 1 is 1.26 bits per heavy atom. The Morgan fingerprint density at radius 2 is 2.00 bits per heavy atom. The summed E-state index contributed by atoms with van der Waals surface area (Å²) in [5.41, 5.74) is 1.28. The molecule has 1 aromatic heterocycles. The molecule has 3 rings (SSSR count). The van der Waals surface area contributed by atoms with E-state index in [0.717, 1.165) is 17.8 Å². The van der Waals surface area contributed by atoms with Crippen molar-refractivity contribution in [1.82, 2.24) is 9.97 Å². The summed E-state index contributed by atoms with van der Waals surface area (Å²) < 4.78 is 0. The topological polar surface area (TPSA) is 41.1 Å². The number of anilines is 2. The predicted molar refractivity (Wildman–Crippen MR) is 78.8 cm³/mol. The van der Waals surface area contributed by atoms with E-state index in [1.807, 2.05) is 7.05 Å². The molecule has 4 heteroatoms. The highest BCUT2D eigenvalue weighted by molar-refractivity contribution is 5.61. The highest BCUT2D eigenvalue weighted by Crippen LogP contribution is 2.40. The third kappa shape index (κ3) is 2.67. The smallest absolute Gasteiger partial charge is 0.137 e. The summed E-state index contributed by atoms with van der Waals surface area (Å²) in [5.74, 6) is 3.50. The summed E-state index contributed by atoms with van der Waals surface area (Å²) in [5, 5.41) is 3.22. The van der Waals surface area contributed by atoms with Crippen LogP contribution < -0.4 is 10.2 Å². The summed E-state index contributed by atoms with van der Waals surface area (Å²) in [6.07, 6.45) is 7.13. The Kier molecular flexibility index (Phi) is 3.33. The molecular formula is C15H24N4. The minimum atomic E-state index is 0.444. The van der Waals surface area contributed by atoms with Crippen molar-refractivity contribution in [2.45, 2.75) is 51.5 Å². The molecular weight excluding hydrogens is 236 g/mol. The Hall–Kier alpha value is -1.32. The molecule has 0 aromatic carbocycles. The minimum absolute atomic E-state index is 0.444. The highest BCUT2D eigenvalue weighted by atomic mass is 15.2. The van der Waals surface area contributed by atoms with Crippen molar-refractivity contribution >= 4 is 11.6 Å². The third-order valence-corrected chi connectivity index (χ3v) is 4.09. The maximum absolute atomic E-state index is 4.63. The van der Waals surface area contributed by atoms with Crippen molar-refractivity contribution in [2.24, 2.45) is 5.92 Å². The van der Waals surface area contributed by atoms with Gasteiger partial charge in [0.25, 0.3) is 0 Å². The number of nitrogens with one attached hydrogen (secondary N) is 1. The quantitative estimate of drug-likeness (QED) is 0.853. The lowest BCUT2D eigenvalue weighted by Gasteiger charge is -2.27. The third-order valence-electron chi connectivity index (χ3n) is 4.09. The van der Waals surface area contributed by atoms with Gasteiger partial charge in [0.15, 0.2) is 0 Å². The van der Waals surface area contributed by atoms with Crippen LogP contribution in [0.2, 0.25) is 0 Å². The van der Waals surface area contributed by atoms with Gasteiger partial charge in [-0.1, -0.05) is 13.8 Å². The van der Waals surface area contributed by atoms with E-state index in [1.165, 1.54) is 43.6 Å². The number of rotatable bonds is 6. The molecule has 0 aliphatic heterocycles. The lowest BCUT2D eigenvalue weighted by molar-refractivity contribution is 0.695. The second-order valence-electron chi connectivity index (χ2n) is 6.19. The van der Waals surface area contributed by atoms with Crippen molar-refractivity contribution in [1.29, 1.82) is 0 Å². The van der Waals surface area contributed by atoms with Crippen LogP contribution in [0.5, 0.6) is 0 Å². The number of hydrogen-bond donors (Lipinski definition) is 1. The lowest BCUT2D eigenvalue weighted by Crippen LogP contribution is -2.30. The van der Waals surface area contributed by atoms with Crippen LogP contribution >= 0.6 is 0 Å². The molecule has 0 atom stereocenters. The molecule has 0 saturated heterocycles. The zero-order chi connectivity index (χ0) is 13.4. The average molecular weight is 260 g/mol. The SMILES string of the molecule is CNc1ncnc(N(CC2CC2)C2CC2)c1C(C)C. The molecule has 0 amide bonds. The van der Waals surface area contributed by atoms with Crippen LogP contribution in [0.1, 0.15) is 51.0 Å². The van der Waals surface area contributed by atoms with Crippen molar-refractivity contribution in [3.8, 4) is 0 Å². The molecule has 1 aromatic rings. The molecule has 1 heterocycles. The first kappa shape index (κ1) is 12.7. The van der Waals surface area contributed by atoms with Crippen LogP contribution in [-0.4, -0.2) is 29.6 Å². The normalized spacial score (nSPS) is 18.7. The van der Waals surface area contributed by atoms with Gasteiger partial charge in [0.1, 0.15) is 18.0 Å². The van der Waals surface area contributed by atoms with Crippen LogP contribution in [0.25, 0.3) is 0 Å². The molecule has 0 spiro atoms. The van der Waals surface area contributed by atoms with E-state index < -0.39 is 0 Å². The maximum Gasteiger partial charge on any atom is 0.137 e. The average Bonchev–Trinajstić information content (AvgIpc) is 3.27. The summed E-state index contributed by atoms with van der Waals surface area (Å²) in [6, 6.07) is 0.720. The first-order valence-electron chi connectivity index (χ1n) is 7.50. The van der Waals surface area contributed by atoms with Crippen LogP contribution in [-0.2, 0) is 0 Å².